The Kier molecular flexibility index (Phi) is 3.55. The summed E-state index contributed by atoms with van der Waals surface area (Å²) in [4.78, 5) is 1.96. The fourth-order valence-corrected chi connectivity index (χ4v) is 2.48. The third-order valence-corrected chi connectivity index (χ3v) is 3.44. The maximum Gasteiger partial charge on any atom is 0.211 e. The monoisotopic (exact) mass is 218 g/mol. The molecule has 0 N–H and O–H groups in total. The van der Waals surface area contributed by atoms with Crippen molar-refractivity contribution in [3.05, 3.63) is 11.8 Å². The fourth-order valence-electron chi connectivity index (χ4n) is 1.62. The van der Waals surface area contributed by atoms with Crippen molar-refractivity contribution in [2.75, 3.05) is 33.4 Å². The molecule has 14 heavy (non-hydrogen) atoms. The summed E-state index contributed by atoms with van der Waals surface area (Å²) in [6.45, 7) is 1.21. The van der Waals surface area contributed by atoms with Gasteiger partial charge in [-0.2, -0.15) is 4.31 Å². The number of sulfonamides is 1. The zero-order valence-electron chi connectivity index (χ0n) is 9.02. The highest BCUT2D eigenvalue weighted by Gasteiger charge is 2.21. The van der Waals surface area contributed by atoms with Crippen molar-refractivity contribution in [1.82, 2.24) is 9.21 Å². The lowest BCUT2D eigenvalue weighted by molar-refractivity contribution is 0.391. The Balaban J connectivity index is 2.70. The van der Waals surface area contributed by atoms with Crippen LogP contribution in [0.3, 0.4) is 0 Å². The smallest absolute Gasteiger partial charge is 0.211 e. The second-order valence-corrected chi connectivity index (χ2v) is 5.93. The van der Waals surface area contributed by atoms with E-state index >= 15 is 0 Å². The Morgan fingerprint density at radius 2 is 2.07 bits per heavy atom. The molecule has 0 bridgehead atoms. The Bertz CT molecular complexity index is 320. The minimum absolute atomic E-state index is 0.553. The van der Waals surface area contributed by atoms with Gasteiger partial charge in [0.05, 0.1) is 6.26 Å². The van der Waals surface area contributed by atoms with E-state index in [0.29, 0.717) is 13.1 Å². The van der Waals surface area contributed by atoms with Gasteiger partial charge in [0.2, 0.25) is 10.0 Å². The summed E-state index contributed by atoms with van der Waals surface area (Å²) in [6, 6.07) is 0. The average molecular weight is 218 g/mol. The quantitative estimate of drug-likeness (QED) is 0.677. The summed E-state index contributed by atoms with van der Waals surface area (Å²) in [5, 5.41) is 0. The lowest BCUT2D eigenvalue weighted by Gasteiger charge is -2.27. The van der Waals surface area contributed by atoms with E-state index in [4.69, 9.17) is 0 Å². The van der Waals surface area contributed by atoms with E-state index in [9.17, 15) is 8.42 Å². The van der Waals surface area contributed by atoms with E-state index in [1.165, 1.54) is 16.1 Å². The molecule has 1 saturated heterocycles. The third-order valence-electron chi connectivity index (χ3n) is 2.19. The zero-order valence-corrected chi connectivity index (χ0v) is 9.84. The number of hydrogen-bond acceptors (Lipinski definition) is 3. The first-order valence-electron chi connectivity index (χ1n) is 4.71. The highest BCUT2D eigenvalue weighted by Crippen LogP contribution is 2.17. The SMILES string of the molecule is CN(C)C=C1CCCN(S(C)(=O)=O)C1. The molecule has 0 aromatic carbocycles. The van der Waals surface area contributed by atoms with Crippen LogP contribution in [0.4, 0.5) is 0 Å². The number of rotatable bonds is 2. The van der Waals surface area contributed by atoms with Crippen LogP contribution >= 0.6 is 0 Å². The summed E-state index contributed by atoms with van der Waals surface area (Å²) in [7, 11) is 0.881. The summed E-state index contributed by atoms with van der Waals surface area (Å²) in [5.41, 5.74) is 1.19. The molecule has 0 radical (unpaired) electrons. The van der Waals surface area contributed by atoms with Crippen LogP contribution in [0.1, 0.15) is 12.8 Å². The Morgan fingerprint density at radius 1 is 1.43 bits per heavy atom. The summed E-state index contributed by atoms with van der Waals surface area (Å²) in [6.07, 6.45) is 5.21. The predicted molar refractivity (Wildman–Crippen MR) is 57.4 cm³/mol. The van der Waals surface area contributed by atoms with Gasteiger partial charge in [-0.05, 0) is 24.6 Å². The normalized spacial score (nSPS) is 22.6. The van der Waals surface area contributed by atoms with E-state index in [2.05, 4.69) is 0 Å². The van der Waals surface area contributed by atoms with Gasteiger partial charge in [0.25, 0.3) is 0 Å². The van der Waals surface area contributed by atoms with Crippen molar-refractivity contribution in [2.24, 2.45) is 0 Å². The summed E-state index contributed by atoms with van der Waals surface area (Å²) >= 11 is 0. The molecule has 0 unspecified atom stereocenters. The summed E-state index contributed by atoms with van der Waals surface area (Å²) in [5.74, 6) is 0. The van der Waals surface area contributed by atoms with Gasteiger partial charge >= 0.3 is 0 Å². The van der Waals surface area contributed by atoms with Crippen LogP contribution < -0.4 is 0 Å². The highest BCUT2D eigenvalue weighted by molar-refractivity contribution is 7.88. The Hall–Kier alpha value is -0.550. The minimum Gasteiger partial charge on any atom is -0.383 e. The van der Waals surface area contributed by atoms with E-state index in [-0.39, 0.29) is 0 Å². The predicted octanol–water partition coefficient (Wildman–Crippen LogP) is 0.487. The summed E-state index contributed by atoms with van der Waals surface area (Å²) < 4.78 is 24.1. The molecule has 0 aromatic rings. The molecule has 0 saturated carbocycles. The first-order valence-corrected chi connectivity index (χ1v) is 6.55. The largest absolute Gasteiger partial charge is 0.383 e. The van der Waals surface area contributed by atoms with E-state index in [1.807, 2.05) is 25.2 Å². The molecular formula is C9H18N2O2S. The lowest BCUT2D eigenvalue weighted by Crippen LogP contribution is -2.36. The van der Waals surface area contributed by atoms with Gasteiger partial charge in [-0.3, -0.25) is 0 Å². The molecule has 1 aliphatic heterocycles. The maximum absolute atomic E-state index is 11.3. The van der Waals surface area contributed by atoms with Crippen molar-refractivity contribution in [2.45, 2.75) is 12.8 Å². The molecule has 0 amide bonds. The molecule has 0 spiro atoms. The molecule has 1 aliphatic rings. The third kappa shape index (κ3) is 3.31. The van der Waals surface area contributed by atoms with Crippen molar-refractivity contribution < 1.29 is 8.42 Å². The van der Waals surface area contributed by atoms with Crippen LogP contribution in [0.2, 0.25) is 0 Å². The van der Waals surface area contributed by atoms with E-state index < -0.39 is 10.0 Å². The van der Waals surface area contributed by atoms with Crippen LogP contribution in [0.15, 0.2) is 11.8 Å². The van der Waals surface area contributed by atoms with Crippen LogP contribution in [0.5, 0.6) is 0 Å². The topological polar surface area (TPSA) is 40.6 Å². The lowest BCUT2D eigenvalue weighted by atomic mass is 10.1. The maximum atomic E-state index is 11.3. The van der Waals surface area contributed by atoms with Gasteiger partial charge < -0.3 is 4.90 Å². The molecule has 5 heteroatoms. The molecular weight excluding hydrogens is 200 g/mol. The van der Waals surface area contributed by atoms with Crippen LogP contribution in [-0.2, 0) is 10.0 Å². The molecule has 0 aliphatic carbocycles. The fraction of sp³-hybridized carbons (Fsp3) is 0.778. The van der Waals surface area contributed by atoms with Crippen LogP contribution in [0.25, 0.3) is 0 Å². The van der Waals surface area contributed by atoms with E-state index in [1.54, 1.807) is 0 Å². The van der Waals surface area contributed by atoms with Crippen molar-refractivity contribution in [1.29, 1.82) is 0 Å². The second-order valence-electron chi connectivity index (χ2n) is 3.95. The van der Waals surface area contributed by atoms with Crippen molar-refractivity contribution in [3.8, 4) is 0 Å². The van der Waals surface area contributed by atoms with Crippen molar-refractivity contribution >= 4 is 10.0 Å². The molecule has 0 atom stereocenters. The minimum atomic E-state index is -3.02. The Labute approximate surface area is 86.2 Å². The number of hydrogen-bond donors (Lipinski definition) is 0. The first-order chi connectivity index (χ1) is 6.39. The van der Waals surface area contributed by atoms with Gasteiger partial charge in [0.1, 0.15) is 0 Å². The molecule has 1 heterocycles. The zero-order chi connectivity index (χ0) is 10.8. The molecule has 1 rings (SSSR count). The van der Waals surface area contributed by atoms with Gasteiger partial charge in [-0.1, -0.05) is 0 Å². The Morgan fingerprint density at radius 3 is 2.57 bits per heavy atom. The highest BCUT2D eigenvalue weighted by atomic mass is 32.2. The van der Waals surface area contributed by atoms with Gasteiger partial charge in [0, 0.05) is 27.2 Å². The average Bonchev–Trinajstić information content (AvgIpc) is 2.01. The number of nitrogens with zero attached hydrogens (tertiary/aromatic N) is 2. The second kappa shape index (κ2) is 4.31. The van der Waals surface area contributed by atoms with Crippen LogP contribution in [0, 0.1) is 0 Å². The van der Waals surface area contributed by atoms with Gasteiger partial charge in [-0.25, -0.2) is 8.42 Å². The standard InChI is InChI=1S/C9H18N2O2S/c1-10(2)7-9-5-4-6-11(8-9)14(3,12)13/h7H,4-6,8H2,1-3H3. The van der Waals surface area contributed by atoms with E-state index in [0.717, 1.165) is 12.8 Å². The van der Waals surface area contributed by atoms with Gasteiger partial charge in [0.15, 0.2) is 0 Å². The first kappa shape index (κ1) is 11.5. The molecule has 0 aromatic heterocycles. The molecule has 1 fully saturated rings. The van der Waals surface area contributed by atoms with Crippen molar-refractivity contribution in [3.63, 3.8) is 0 Å². The van der Waals surface area contributed by atoms with Gasteiger partial charge in [-0.15, -0.1) is 0 Å². The number of piperidine rings is 1. The molecule has 4 nitrogen and oxygen atoms in total. The van der Waals surface area contributed by atoms with Crippen LogP contribution in [-0.4, -0.2) is 51.1 Å². The molecule has 82 valence electrons.